The highest BCUT2D eigenvalue weighted by atomic mass is 35.5. The molecule has 2 atom stereocenters. The number of methoxy groups -OCH3 is 1. The van der Waals surface area contributed by atoms with Crippen molar-refractivity contribution in [3.63, 3.8) is 0 Å². The molecule has 0 spiro atoms. The summed E-state index contributed by atoms with van der Waals surface area (Å²) >= 11 is 11.6. The van der Waals surface area contributed by atoms with Gasteiger partial charge in [0, 0.05) is 30.8 Å². The number of thiocarbonyl (C=S) groups is 1. The average molecular weight is 442 g/mol. The molecular formula is C21H20ClN5O2S. The maximum atomic E-state index is 11.8. The monoisotopic (exact) mass is 441 g/mol. The number of hydrogen-bond acceptors (Lipinski definition) is 5. The van der Waals surface area contributed by atoms with Gasteiger partial charge in [0.25, 0.3) is 0 Å². The van der Waals surface area contributed by atoms with E-state index in [4.69, 9.17) is 28.6 Å². The molecule has 9 heteroatoms. The molecule has 0 amide bonds. The van der Waals surface area contributed by atoms with Gasteiger partial charge in [-0.2, -0.15) is 0 Å². The molecule has 4 rings (SSSR count). The molecule has 7 nitrogen and oxygen atoms in total. The van der Waals surface area contributed by atoms with Crippen molar-refractivity contribution in [2.24, 2.45) is 0 Å². The Morgan fingerprint density at radius 2 is 2.10 bits per heavy atom. The minimum Gasteiger partial charge on any atom is -0.469 e. The number of carbonyl (C=O) groups is 1. The van der Waals surface area contributed by atoms with E-state index in [2.05, 4.69) is 15.3 Å². The Balaban J connectivity index is 1.75. The summed E-state index contributed by atoms with van der Waals surface area (Å²) in [6.07, 6.45) is 5.54. The molecule has 1 fully saturated rings. The van der Waals surface area contributed by atoms with E-state index in [1.54, 1.807) is 18.5 Å². The van der Waals surface area contributed by atoms with Crippen molar-refractivity contribution in [1.82, 2.24) is 24.8 Å². The molecule has 0 aromatic carbocycles. The van der Waals surface area contributed by atoms with Crippen LogP contribution in [0.15, 0.2) is 61.1 Å². The van der Waals surface area contributed by atoms with E-state index < -0.39 is 0 Å². The van der Waals surface area contributed by atoms with E-state index in [0.29, 0.717) is 16.7 Å². The fourth-order valence-corrected chi connectivity index (χ4v) is 4.08. The van der Waals surface area contributed by atoms with Crippen molar-refractivity contribution in [2.75, 3.05) is 13.7 Å². The summed E-state index contributed by atoms with van der Waals surface area (Å²) in [7, 11) is 1.38. The van der Waals surface area contributed by atoms with Crippen LogP contribution in [0.3, 0.4) is 0 Å². The van der Waals surface area contributed by atoms with Gasteiger partial charge in [0.2, 0.25) is 0 Å². The topological polar surface area (TPSA) is 72.3 Å². The quantitative estimate of drug-likeness (QED) is 0.464. The molecule has 1 saturated heterocycles. The van der Waals surface area contributed by atoms with Gasteiger partial charge in [-0.3, -0.25) is 9.78 Å². The highest BCUT2D eigenvalue weighted by Crippen LogP contribution is 2.39. The third-order valence-corrected chi connectivity index (χ3v) is 5.60. The number of halogens is 1. The number of aromatic nitrogens is 3. The highest BCUT2D eigenvalue weighted by molar-refractivity contribution is 7.80. The number of carbonyl (C=O) groups excluding carboxylic acids is 1. The molecule has 154 valence electrons. The molecule has 0 aliphatic carbocycles. The van der Waals surface area contributed by atoms with Gasteiger partial charge < -0.3 is 19.5 Å². The molecule has 3 aromatic heterocycles. The molecule has 0 saturated carbocycles. The van der Waals surface area contributed by atoms with Gasteiger partial charge in [0.15, 0.2) is 5.11 Å². The van der Waals surface area contributed by atoms with Crippen LogP contribution in [0.2, 0.25) is 5.02 Å². The Kier molecular flexibility index (Phi) is 5.96. The largest absolute Gasteiger partial charge is 0.469 e. The van der Waals surface area contributed by atoms with Gasteiger partial charge >= 0.3 is 5.97 Å². The summed E-state index contributed by atoms with van der Waals surface area (Å²) in [5.41, 5.74) is 1.83. The lowest BCUT2D eigenvalue weighted by atomic mass is 10.0. The number of ether oxygens (including phenoxy) is 1. The zero-order chi connectivity index (χ0) is 21.1. The number of pyridine rings is 2. The standard InChI is InChI=1S/C21H20ClN5O2S/c1-29-18(28)9-12-27-20(19(25-21(27)30)15-5-2-3-10-23-15)16-6-4-11-26(16)17-8-7-14(22)13-24-17/h2-8,10-11,13,19-20H,9,12H2,1H3,(H,25,30)/t19-,20-/m0/s1. The predicted octanol–water partition coefficient (Wildman–Crippen LogP) is 3.46. The maximum absolute atomic E-state index is 11.8. The maximum Gasteiger partial charge on any atom is 0.307 e. The van der Waals surface area contributed by atoms with Gasteiger partial charge in [-0.15, -0.1) is 0 Å². The minimum atomic E-state index is -0.285. The SMILES string of the molecule is COC(=O)CCN1C(=S)N[C@@H](c2ccccn2)[C@@H]1c1cccn1-c1ccc(Cl)cn1. The summed E-state index contributed by atoms with van der Waals surface area (Å²) in [6, 6.07) is 13.1. The van der Waals surface area contributed by atoms with Gasteiger partial charge in [0.05, 0.1) is 36.3 Å². The third kappa shape index (κ3) is 4.01. The average Bonchev–Trinajstić information content (AvgIpc) is 3.37. The summed E-state index contributed by atoms with van der Waals surface area (Å²) in [5.74, 6) is 0.456. The molecule has 1 aliphatic rings. The van der Waals surface area contributed by atoms with Crippen molar-refractivity contribution in [3.05, 3.63) is 77.5 Å². The van der Waals surface area contributed by atoms with Crippen LogP contribution in [0, 0.1) is 0 Å². The van der Waals surface area contributed by atoms with Gasteiger partial charge in [-0.1, -0.05) is 17.7 Å². The van der Waals surface area contributed by atoms with E-state index in [0.717, 1.165) is 17.2 Å². The van der Waals surface area contributed by atoms with E-state index in [-0.39, 0.29) is 24.5 Å². The molecule has 0 unspecified atom stereocenters. The molecule has 3 aromatic rings. The molecule has 0 radical (unpaired) electrons. The Bertz CT molecular complexity index is 1040. The summed E-state index contributed by atoms with van der Waals surface area (Å²) in [4.78, 5) is 22.8. The predicted molar refractivity (Wildman–Crippen MR) is 117 cm³/mol. The van der Waals surface area contributed by atoms with Crippen molar-refractivity contribution < 1.29 is 9.53 Å². The van der Waals surface area contributed by atoms with E-state index in [9.17, 15) is 4.79 Å². The Morgan fingerprint density at radius 1 is 1.23 bits per heavy atom. The summed E-state index contributed by atoms with van der Waals surface area (Å²) < 4.78 is 6.82. The highest BCUT2D eigenvalue weighted by Gasteiger charge is 2.41. The number of hydrogen-bond donors (Lipinski definition) is 1. The zero-order valence-electron chi connectivity index (χ0n) is 16.2. The van der Waals surface area contributed by atoms with Crippen LogP contribution >= 0.6 is 23.8 Å². The molecule has 1 N–H and O–H groups in total. The summed E-state index contributed by atoms with van der Waals surface area (Å²) in [6.45, 7) is 0.422. The second kappa shape index (κ2) is 8.81. The fraction of sp³-hybridized carbons (Fsp3) is 0.238. The lowest BCUT2D eigenvalue weighted by molar-refractivity contribution is -0.140. The molecule has 4 heterocycles. The lowest BCUT2D eigenvalue weighted by Crippen LogP contribution is -2.32. The second-order valence-electron chi connectivity index (χ2n) is 6.78. The van der Waals surface area contributed by atoms with E-state index in [1.165, 1.54) is 7.11 Å². The van der Waals surface area contributed by atoms with Gasteiger partial charge in [-0.25, -0.2) is 4.98 Å². The Labute approximate surface area is 184 Å². The molecule has 0 bridgehead atoms. The van der Waals surface area contributed by atoms with Crippen LogP contribution in [-0.2, 0) is 9.53 Å². The lowest BCUT2D eigenvalue weighted by Gasteiger charge is -2.28. The number of esters is 1. The van der Waals surface area contributed by atoms with E-state index in [1.807, 2.05) is 52.1 Å². The Hall–Kier alpha value is -2.97. The molecule has 30 heavy (non-hydrogen) atoms. The first-order valence-corrected chi connectivity index (χ1v) is 10.2. The third-order valence-electron chi connectivity index (χ3n) is 5.02. The first-order valence-electron chi connectivity index (χ1n) is 9.42. The fourth-order valence-electron chi connectivity index (χ4n) is 3.64. The molecular weight excluding hydrogens is 422 g/mol. The second-order valence-corrected chi connectivity index (χ2v) is 7.61. The van der Waals surface area contributed by atoms with Crippen molar-refractivity contribution in [1.29, 1.82) is 0 Å². The first kappa shape index (κ1) is 20.3. The molecule has 1 aliphatic heterocycles. The van der Waals surface area contributed by atoms with Crippen LogP contribution < -0.4 is 5.32 Å². The number of rotatable bonds is 6. The zero-order valence-corrected chi connectivity index (χ0v) is 17.8. The summed E-state index contributed by atoms with van der Waals surface area (Å²) in [5, 5.41) is 4.51. The van der Waals surface area contributed by atoms with Crippen LogP contribution in [0.4, 0.5) is 0 Å². The van der Waals surface area contributed by atoms with Crippen LogP contribution in [0.1, 0.15) is 29.9 Å². The minimum absolute atomic E-state index is 0.183. The van der Waals surface area contributed by atoms with Crippen molar-refractivity contribution >= 4 is 34.9 Å². The smallest absolute Gasteiger partial charge is 0.307 e. The van der Waals surface area contributed by atoms with Crippen molar-refractivity contribution in [3.8, 4) is 5.82 Å². The van der Waals surface area contributed by atoms with Crippen molar-refractivity contribution in [2.45, 2.75) is 18.5 Å². The normalized spacial score (nSPS) is 18.3. The van der Waals surface area contributed by atoms with Crippen LogP contribution in [-0.4, -0.2) is 44.2 Å². The number of nitrogens with zero attached hydrogens (tertiary/aromatic N) is 4. The number of nitrogens with one attached hydrogen (secondary N) is 1. The van der Waals surface area contributed by atoms with Gasteiger partial charge in [-0.05, 0) is 48.6 Å². The van der Waals surface area contributed by atoms with E-state index >= 15 is 0 Å². The van der Waals surface area contributed by atoms with Crippen LogP contribution in [0.25, 0.3) is 5.82 Å². The first-order chi connectivity index (χ1) is 14.6. The Morgan fingerprint density at radius 3 is 2.80 bits per heavy atom. The van der Waals surface area contributed by atoms with Gasteiger partial charge in [0.1, 0.15) is 5.82 Å². The van der Waals surface area contributed by atoms with Crippen LogP contribution in [0.5, 0.6) is 0 Å².